The molecule has 0 saturated carbocycles. The summed E-state index contributed by atoms with van der Waals surface area (Å²) < 4.78 is 28.4. The molecule has 3 atom stereocenters. The summed E-state index contributed by atoms with van der Waals surface area (Å²) in [4.78, 5) is 50.1. The standard InChI is InChI=1S/C40H63N5O9S/c1-9-50-27(3)24-52-30-21-29(22-31(23-30)53-25-28(4)51-10-2)36(47)42-18-19-43-37(48)39(5,6)16-20-54-40(7,8)15-17-41-34(46)14-12-11-13-33-35-32(26-55-33)44-38(49)45-35/h21-23,32-33,35H,3-4,9-20,24-26H2,1-2,5-8H3,(H,41,46)(H,42,47)(H,43,48)(H2,44,45,49)/t32-,33-,35-/m0/s1. The maximum absolute atomic E-state index is 13.1. The van der Waals surface area contributed by atoms with Gasteiger partial charge in [0, 0.05) is 60.7 Å². The lowest BCUT2D eigenvalue weighted by molar-refractivity contribution is -0.131. The average Bonchev–Trinajstić information content (AvgIpc) is 3.68. The van der Waals surface area contributed by atoms with Gasteiger partial charge in [-0.25, -0.2) is 4.79 Å². The summed E-state index contributed by atoms with van der Waals surface area (Å²) in [6, 6.07) is 5.19. The van der Waals surface area contributed by atoms with E-state index in [0.717, 1.165) is 25.0 Å². The summed E-state index contributed by atoms with van der Waals surface area (Å²) in [6.45, 7) is 21.5. The third-order valence-corrected chi connectivity index (χ3v) is 10.8. The molecule has 2 saturated heterocycles. The second-order valence-electron chi connectivity index (χ2n) is 14.9. The molecule has 2 aliphatic rings. The van der Waals surface area contributed by atoms with Gasteiger partial charge in [-0.3, -0.25) is 14.4 Å². The van der Waals surface area contributed by atoms with Crippen LogP contribution in [0.2, 0.25) is 0 Å². The summed E-state index contributed by atoms with van der Waals surface area (Å²) in [7, 11) is 0. The molecule has 55 heavy (non-hydrogen) atoms. The maximum atomic E-state index is 13.1. The van der Waals surface area contributed by atoms with Crippen LogP contribution in [0.1, 0.15) is 90.4 Å². The van der Waals surface area contributed by atoms with Gasteiger partial charge in [0.25, 0.3) is 5.91 Å². The van der Waals surface area contributed by atoms with Crippen LogP contribution in [-0.4, -0.2) is 105 Å². The molecule has 0 unspecified atom stereocenters. The fourth-order valence-corrected chi connectivity index (χ4v) is 7.56. The maximum Gasteiger partial charge on any atom is 0.315 e. The van der Waals surface area contributed by atoms with Crippen LogP contribution >= 0.6 is 11.8 Å². The van der Waals surface area contributed by atoms with Gasteiger partial charge in [-0.1, -0.05) is 33.4 Å². The Bertz CT molecular complexity index is 1430. The number of nitrogens with one attached hydrogen (secondary N) is 5. The monoisotopic (exact) mass is 789 g/mol. The largest absolute Gasteiger partial charge is 0.495 e. The van der Waals surface area contributed by atoms with Gasteiger partial charge in [-0.2, -0.15) is 11.8 Å². The van der Waals surface area contributed by atoms with Crippen molar-refractivity contribution in [3.05, 3.63) is 48.4 Å². The number of rotatable bonds is 27. The Morgan fingerprint density at radius 1 is 0.855 bits per heavy atom. The molecule has 0 aromatic heterocycles. The number of carbonyl (C=O) groups is 4. The number of fused-ring (bicyclic) bond motifs is 1. The van der Waals surface area contributed by atoms with Crippen LogP contribution in [0.5, 0.6) is 11.5 Å². The first-order valence-electron chi connectivity index (χ1n) is 19.3. The number of hydrogen-bond donors (Lipinski definition) is 5. The molecule has 5 N–H and O–H groups in total. The highest BCUT2D eigenvalue weighted by Gasteiger charge is 2.42. The van der Waals surface area contributed by atoms with Gasteiger partial charge in [0.2, 0.25) is 11.8 Å². The van der Waals surface area contributed by atoms with Crippen molar-refractivity contribution < 1.29 is 42.9 Å². The second-order valence-corrected chi connectivity index (χ2v) is 16.2. The third kappa shape index (κ3) is 16.3. The smallest absolute Gasteiger partial charge is 0.315 e. The molecule has 0 aliphatic carbocycles. The van der Waals surface area contributed by atoms with Crippen molar-refractivity contribution in [3.8, 4) is 11.5 Å². The van der Waals surface area contributed by atoms with E-state index in [1.807, 2.05) is 53.3 Å². The summed E-state index contributed by atoms with van der Waals surface area (Å²) in [5, 5.41) is 15.1. The molecule has 0 spiro atoms. The number of amides is 5. The first-order valence-corrected chi connectivity index (χ1v) is 20.3. The molecular weight excluding hydrogens is 727 g/mol. The van der Waals surface area contributed by atoms with Crippen molar-refractivity contribution in [2.24, 2.45) is 5.41 Å². The van der Waals surface area contributed by atoms with Crippen molar-refractivity contribution >= 4 is 35.5 Å². The van der Waals surface area contributed by atoms with E-state index >= 15 is 0 Å². The van der Waals surface area contributed by atoms with E-state index in [1.165, 1.54) is 0 Å². The first kappa shape index (κ1) is 45.3. The van der Waals surface area contributed by atoms with E-state index in [4.69, 9.17) is 23.7 Å². The van der Waals surface area contributed by atoms with E-state index in [0.29, 0.717) is 79.5 Å². The summed E-state index contributed by atoms with van der Waals surface area (Å²) in [6.07, 6.45) is 4.33. The average molecular weight is 790 g/mol. The summed E-state index contributed by atoms with van der Waals surface area (Å²) in [5.41, 5.74) is -0.877. The molecule has 1 aromatic carbocycles. The van der Waals surface area contributed by atoms with Crippen molar-refractivity contribution in [2.75, 3.05) is 58.4 Å². The number of unbranched alkanes of at least 4 members (excludes halogenated alkanes) is 1. The quantitative estimate of drug-likeness (QED) is 0.0472. The van der Waals surface area contributed by atoms with Crippen molar-refractivity contribution in [3.63, 3.8) is 0 Å². The molecule has 1 aromatic rings. The topological polar surface area (TPSA) is 175 Å². The molecule has 15 heteroatoms. The minimum atomic E-state index is -0.707. The summed E-state index contributed by atoms with van der Waals surface area (Å²) in [5.74, 6) is 2.15. The Balaban J connectivity index is 1.33. The highest BCUT2D eigenvalue weighted by atomic mass is 32.2. The van der Waals surface area contributed by atoms with Crippen molar-refractivity contribution in [1.29, 1.82) is 0 Å². The molecule has 0 radical (unpaired) electrons. The normalized spacial score (nSPS) is 17.6. The Morgan fingerprint density at radius 2 is 1.49 bits per heavy atom. The van der Waals surface area contributed by atoms with E-state index in [-0.39, 0.29) is 62.1 Å². The minimum absolute atomic E-state index is 0.0267. The van der Waals surface area contributed by atoms with E-state index in [9.17, 15) is 19.2 Å². The molecule has 2 aliphatic heterocycles. The Hall–Kier alpha value is -4.11. The van der Waals surface area contributed by atoms with Gasteiger partial charge in [-0.15, -0.1) is 0 Å². The van der Waals surface area contributed by atoms with E-state index < -0.39 is 11.0 Å². The molecule has 2 fully saturated rings. The number of hydrogen-bond acceptors (Lipinski definition) is 10. The zero-order chi connectivity index (χ0) is 40.4. The van der Waals surface area contributed by atoms with Crippen molar-refractivity contribution in [1.82, 2.24) is 26.6 Å². The predicted molar refractivity (Wildman–Crippen MR) is 214 cm³/mol. The fourth-order valence-electron chi connectivity index (χ4n) is 6.02. The number of urea groups is 1. The van der Waals surface area contributed by atoms with Gasteiger partial charge in [0.15, 0.2) is 0 Å². The van der Waals surface area contributed by atoms with Crippen LogP contribution in [0, 0.1) is 5.41 Å². The predicted octanol–water partition coefficient (Wildman–Crippen LogP) is 4.83. The van der Waals surface area contributed by atoms with Gasteiger partial charge < -0.3 is 50.3 Å². The van der Waals surface area contributed by atoms with Gasteiger partial charge in [-0.05, 0) is 65.5 Å². The van der Waals surface area contributed by atoms with Crippen LogP contribution in [0.3, 0.4) is 0 Å². The Labute approximate surface area is 331 Å². The van der Waals surface area contributed by atoms with Gasteiger partial charge in [0.1, 0.15) is 36.2 Å². The second kappa shape index (κ2) is 22.4. The molecular formula is C40H63N5O9S. The van der Waals surface area contributed by atoms with Crippen LogP contribution < -0.4 is 36.1 Å². The van der Waals surface area contributed by atoms with Crippen molar-refractivity contribution in [2.45, 2.75) is 103 Å². The third-order valence-electron chi connectivity index (χ3n) is 9.30. The highest BCUT2D eigenvalue weighted by molar-refractivity contribution is 8.00. The molecule has 3 rings (SSSR count). The van der Waals surface area contributed by atoms with Crippen LogP contribution in [0.4, 0.5) is 4.79 Å². The van der Waals surface area contributed by atoms with E-state index in [1.54, 1.807) is 18.2 Å². The number of carbonyl (C=O) groups excluding carboxylic acids is 4. The lowest BCUT2D eigenvalue weighted by Crippen LogP contribution is -2.42. The lowest BCUT2D eigenvalue weighted by atomic mass is 9.88. The molecule has 2 heterocycles. The zero-order valence-corrected chi connectivity index (χ0v) is 34.4. The number of ether oxygens (including phenoxy) is 5. The Kier molecular flexibility index (Phi) is 18.5. The Morgan fingerprint density at radius 3 is 2.13 bits per heavy atom. The molecule has 14 nitrogen and oxygen atoms in total. The van der Waals surface area contributed by atoms with E-state index in [2.05, 4.69) is 39.7 Å². The molecule has 308 valence electrons. The SMILES string of the molecule is C=C(COc1cc(OCC(=C)OCC)cc(C(=O)NCCNC(=O)C(C)(C)CCOC(C)(C)CCNC(=O)CCCC[C@@H]2SC[C@@H]3NC(=O)N[C@@H]32)c1)OCC. The summed E-state index contributed by atoms with van der Waals surface area (Å²) >= 11 is 1.89. The van der Waals surface area contributed by atoms with Crippen LogP contribution in [0.25, 0.3) is 0 Å². The highest BCUT2D eigenvalue weighted by Crippen LogP contribution is 2.33. The van der Waals surface area contributed by atoms with Gasteiger partial charge in [0.05, 0.1) is 30.9 Å². The minimum Gasteiger partial charge on any atom is -0.495 e. The fraction of sp³-hybridized carbons (Fsp3) is 0.650. The molecule has 5 amide bonds. The first-order chi connectivity index (χ1) is 26.1. The van der Waals surface area contributed by atoms with Crippen LogP contribution in [-0.2, 0) is 23.8 Å². The van der Waals surface area contributed by atoms with Gasteiger partial charge >= 0.3 is 6.03 Å². The number of benzene rings is 1. The molecule has 0 bridgehead atoms. The number of thioether (sulfide) groups is 1. The zero-order valence-electron chi connectivity index (χ0n) is 33.6. The lowest BCUT2D eigenvalue weighted by Gasteiger charge is -2.29. The van der Waals surface area contributed by atoms with Crippen LogP contribution in [0.15, 0.2) is 42.9 Å².